The molecule has 0 aromatic heterocycles. The maximum atomic E-state index is 4.72. The summed E-state index contributed by atoms with van der Waals surface area (Å²) < 4.78 is 0. The zero-order valence-electron chi connectivity index (χ0n) is 15.0. The highest BCUT2D eigenvalue weighted by Gasteiger charge is 2.16. The standard InChI is InChI=1S/C21H28N2/c1-6-23(7-2)18-14-12-17(13-15-18)16-22-20-11-9-8-10-19(20)21(3,4)5/h8-16H,6-7H2,1-5H3. The number of hydrogen-bond acceptors (Lipinski definition) is 2. The molecule has 0 saturated heterocycles. The van der Waals surface area contributed by atoms with Gasteiger partial charge in [0, 0.05) is 25.0 Å². The fourth-order valence-corrected chi connectivity index (χ4v) is 2.72. The summed E-state index contributed by atoms with van der Waals surface area (Å²) in [5.74, 6) is 0. The van der Waals surface area contributed by atoms with Gasteiger partial charge < -0.3 is 4.90 Å². The Hall–Kier alpha value is -2.09. The number of para-hydroxylation sites is 1. The fraction of sp³-hybridized carbons (Fsp3) is 0.381. The minimum atomic E-state index is 0.0978. The Bertz CT molecular complexity index is 644. The van der Waals surface area contributed by atoms with E-state index in [9.17, 15) is 0 Å². The van der Waals surface area contributed by atoms with Crippen molar-refractivity contribution in [2.45, 2.75) is 40.0 Å². The molecule has 0 radical (unpaired) electrons. The van der Waals surface area contributed by atoms with Crippen LogP contribution in [-0.2, 0) is 5.41 Å². The molecular weight excluding hydrogens is 280 g/mol. The number of aliphatic imine (C=N–C) groups is 1. The van der Waals surface area contributed by atoms with E-state index in [1.165, 1.54) is 11.3 Å². The third-order valence-electron chi connectivity index (χ3n) is 4.09. The number of anilines is 1. The number of hydrogen-bond donors (Lipinski definition) is 0. The molecule has 0 atom stereocenters. The van der Waals surface area contributed by atoms with Crippen LogP contribution in [0.4, 0.5) is 11.4 Å². The summed E-state index contributed by atoms with van der Waals surface area (Å²) in [6.45, 7) is 13.1. The molecular formula is C21H28N2. The maximum absolute atomic E-state index is 4.72. The predicted molar refractivity (Wildman–Crippen MR) is 102 cm³/mol. The lowest BCUT2D eigenvalue weighted by Crippen LogP contribution is -2.21. The highest BCUT2D eigenvalue weighted by molar-refractivity contribution is 5.83. The van der Waals surface area contributed by atoms with Gasteiger partial charge in [-0.2, -0.15) is 0 Å². The fourth-order valence-electron chi connectivity index (χ4n) is 2.72. The molecule has 122 valence electrons. The van der Waals surface area contributed by atoms with Crippen LogP contribution >= 0.6 is 0 Å². The van der Waals surface area contributed by atoms with E-state index in [1.807, 2.05) is 12.3 Å². The lowest BCUT2D eigenvalue weighted by Gasteiger charge is -2.21. The van der Waals surface area contributed by atoms with Crippen LogP contribution in [0.25, 0.3) is 0 Å². The maximum Gasteiger partial charge on any atom is 0.0667 e. The molecule has 0 heterocycles. The molecule has 23 heavy (non-hydrogen) atoms. The van der Waals surface area contributed by atoms with Crippen molar-refractivity contribution in [1.82, 2.24) is 0 Å². The van der Waals surface area contributed by atoms with Gasteiger partial charge >= 0.3 is 0 Å². The summed E-state index contributed by atoms with van der Waals surface area (Å²) in [6, 6.07) is 17.0. The molecule has 0 aliphatic heterocycles. The van der Waals surface area contributed by atoms with Gasteiger partial charge in [0.2, 0.25) is 0 Å². The van der Waals surface area contributed by atoms with Crippen LogP contribution in [0.3, 0.4) is 0 Å². The zero-order chi connectivity index (χ0) is 16.9. The molecule has 0 N–H and O–H groups in total. The lowest BCUT2D eigenvalue weighted by atomic mass is 9.86. The minimum absolute atomic E-state index is 0.0978. The topological polar surface area (TPSA) is 15.6 Å². The molecule has 0 bridgehead atoms. The van der Waals surface area contributed by atoms with Gasteiger partial charge in [0.15, 0.2) is 0 Å². The number of rotatable bonds is 5. The number of benzene rings is 2. The summed E-state index contributed by atoms with van der Waals surface area (Å²) in [5, 5.41) is 0. The largest absolute Gasteiger partial charge is 0.372 e. The van der Waals surface area contributed by atoms with E-state index < -0.39 is 0 Å². The van der Waals surface area contributed by atoms with Crippen LogP contribution in [0.1, 0.15) is 45.7 Å². The molecule has 2 nitrogen and oxygen atoms in total. The van der Waals surface area contributed by atoms with Crippen LogP contribution in [-0.4, -0.2) is 19.3 Å². The van der Waals surface area contributed by atoms with Crippen LogP contribution in [0, 0.1) is 0 Å². The first kappa shape index (κ1) is 17.3. The van der Waals surface area contributed by atoms with E-state index in [-0.39, 0.29) is 5.41 Å². The Morgan fingerprint density at radius 2 is 1.52 bits per heavy atom. The monoisotopic (exact) mass is 308 g/mol. The first-order chi connectivity index (χ1) is 11.0. The van der Waals surface area contributed by atoms with Gasteiger partial charge in [-0.15, -0.1) is 0 Å². The lowest BCUT2D eigenvalue weighted by molar-refractivity contribution is 0.591. The van der Waals surface area contributed by atoms with E-state index in [0.29, 0.717) is 0 Å². The third kappa shape index (κ3) is 4.44. The normalized spacial score (nSPS) is 11.9. The first-order valence-corrected chi connectivity index (χ1v) is 8.44. The van der Waals surface area contributed by atoms with E-state index in [2.05, 4.69) is 82.0 Å². The Morgan fingerprint density at radius 1 is 0.913 bits per heavy atom. The summed E-state index contributed by atoms with van der Waals surface area (Å²) in [5.41, 5.74) is 4.82. The molecule has 2 aromatic carbocycles. The molecule has 2 rings (SSSR count). The van der Waals surface area contributed by atoms with E-state index in [0.717, 1.165) is 24.3 Å². The van der Waals surface area contributed by atoms with E-state index in [4.69, 9.17) is 4.99 Å². The van der Waals surface area contributed by atoms with Crippen LogP contribution < -0.4 is 4.90 Å². The van der Waals surface area contributed by atoms with Gasteiger partial charge in [0.1, 0.15) is 0 Å². The number of nitrogens with zero attached hydrogens (tertiary/aromatic N) is 2. The highest BCUT2D eigenvalue weighted by atomic mass is 15.1. The molecule has 0 amide bonds. The van der Waals surface area contributed by atoms with Crippen molar-refractivity contribution in [3.63, 3.8) is 0 Å². The minimum Gasteiger partial charge on any atom is -0.372 e. The molecule has 0 saturated carbocycles. The van der Waals surface area contributed by atoms with Crippen LogP contribution in [0.2, 0.25) is 0 Å². The van der Waals surface area contributed by atoms with Gasteiger partial charge in [0.05, 0.1) is 5.69 Å². The van der Waals surface area contributed by atoms with Gasteiger partial charge in [-0.25, -0.2) is 0 Å². The Kier molecular flexibility index (Phi) is 5.59. The van der Waals surface area contributed by atoms with Crippen molar-refractivity contribution >= 4 is 17.6 Å². The third-order valence-corrected chi connectivity index (χ3v) is 4.09. The highest BCUT2D eigenvalue weighted by Crippen LogP contribution is 2.31. The molecule has 0 aliphatic carbocycles. The predicted octanol–water partition coefficient (Wildman–Crippen LogP) is 5.58. The Morgan fingerprint density at radius 3 is 2.09 bits per heavy atom. The average molecular weight is 308 g/mol. The second kappa shape index (κ2) is 7.45. The molecule has 0 aliphatic rings. The summed E-state index contributed by atoms with van der Waals surface area (Å²) in [4.78, 5) is 7.06. The SMILES string of the molecule is CCN(CC)c1ccc(C=Nc2ccccc2C(C)(C)C)cc1. The Labute approximate surface area is 140 Å². The van der Waals surface area contributed by atoms with Crippen molar-refractivity contribution in [1.29, 1.82) is 0 Å². The second-order valence-corrected chi connectivity index (χ2v) is 6.79. The second-order valence-electron chi connectivity index (χ2n) is 6.79. The molecule has 0 unspecified atom stereocenters. The molecule has 2 heteroatoms. The van der Waals surface area contributed by atoms with Gasteiger partial charge in [-0.3, -0.25) is 4.99 Å². The smallest absolute Gasteiger partial charge is 0.0667 e. The summed E-state index contributed by atoms with van der Waals surface area (Å²) in [6.07, 6.45) is 1.95. The quantitative estimate of drug-likeness (QED) is 0.658. The molecule has 0 fully saturated rings. The van der Waals surface area contributed by atoms with E-state index in [1.54, 1.807) is 0 Å². The van der Waals surface area contributed by atoms with Crippen molar-refractivity contribution in [2.75, 3.05) is 18.0 Å². The van der Waals surface area contributed by atoms with Gasteiger partial charge in [0.25, 0.3) is 0 Å². The molecule has 2 aromatic rings. The van der Waals surface area contributed by atoms with Crippen molar-refractivity contribution in [2.24, 2.45) is 4.99 Å². The summed E-state index contributed by atoms with van der Waals surface area (Å²) >= 11 is 0. The van der Waals surface area contributed by atoms with Crippen molar-refractivity contribution in [3.8, 4) is 0 Å². The van der Waals surface area contributed by atoms with E-state index >= 15 is 0 Å². The average Bonchev–Trinajstić information content (AvgIpc) is 2.54. The first-order valence-electron chi connectivity index (χ1n) is 8.44. The van der Waals surface area contributed by atoms with Crippen LogP contribution in [0.5, 0.6) is 0 Å². The summed E-state index contributed by atoms with van der Waals surface area (Å²) in [7, 11) is 0. The van der Waals surface area contributed by atoms with Crippen LogP contribution in [0.15, 0.2) is 53.5 Å². The zero-order valence-corrected chi connectivity index (χ0v) is 15.0. The Balaban J connectivity index is 2.21. The van der Waals surface area contributed by atoms with Gasteiger partial charge in [-0.05, 0) is 48.6 Å². The van der Waals surface area contributed by atoms with Crippen molar-refractivity contribution < 1.29 is 0 Å². The van der Waals surface area contributed by atoms with Crippen molar-refractivity contribution in [3.05, 3.63) is 59.7 Å². The van der Waals surface area contributed by atoms with Gasteiger partial charge in [-0.1, -0.05) is 51.1 Å². The molecule has 0 spiro atoms.